The first-order valence-corrected chi connectivity index (χ1v) is 7.33. The quantitative estimate of drug-likeness (QED) is 0.767. The van der Waals surface area contributed by atoms with Gasteiger partial charge in [-0.25, -0.2) is 9.18 Å². The molecule has 5 nitrogen and oxygen atoms in total. The summed E-state index contributed by atoms with van der Waals surface area (Å²) in [5, 5.41) is 12.2. The van der Waals surface area contributed by atoms with E-state index >= 15 is 0 Å². The molecule has 0 amide bonds. The van der Waals surface area contributed by atoms with Crippen LogP contribution in [0.5, 0.6) is 0 Å². The molecule has 7 heteroatoms. The molecule has 108 valence electrons. The van der Waals surface area contributed by atoms with Crippen molar-refractivity contribution >= 4 is 40.1 Å². The van der Waals surface area contributed by atoms with Gasteiger partial charge in [-0.05, 0) is 40.8 Å². The van der Waals surface area contributed by atoms with Gasteiger partial charge in [0.2, 0.25) is 0 Å². The van der Waals surface area contributed by atoms with Gasteiger partial charge in [-0.1, -0.05) is 0 Å². The maximum absolute atomic E-state index is 13.9. The van der Waals surface area contributed by atoms with Crippen LogP contribution in [0.25, 0.3) is 0 Å². The Morgan fingerprint density at radius 1 is 1.48 bits per heavy atom. The zero-order valence-electron chi connectivity index (χ0n) is 10.8. The van der Waals surface area contributed by atoms with E-state index in [1.165, 1.54) is 12.3 Å². The third-order valence-corrected chi connectivity index (χ3v) is 3.86. The van der Waals surface area contributed by atoms with E-state index in [9.17, 15) is 14.3 Å². The molecule has 0 spiro atoms. The van der Waals surface area contributed by atoms with E-state index in [4.69, 9.17) is 0 Å². The SMILES string of the molecule is O=C(O)C1=CN2CCN=C2C=C1Nc1ccc(I)cc1F. The summed E-state index contributed by atoms with van der Waals surface area (Å²) in [5.74, 6) is -0.803. The van der Waals surface area contributed by atoms with E-state index in [2.05, 4.69) is 10.3 Å². The van der Waals surface area contributed by atoms with E-state index in [0.717, 1.165) is 3.57 Å². The van der Waals surface area contributed by atoms with Gasteiger partial charge in [0.15, 0.2) is 0 Å². The number of carbonyl (C=O) groups is 1. The number of nitrogens with zero attached hydrogens (tertiary/aromatic N) is 2. The fourth-order valence-electron chi connectivity index (χ4n) is 2.18. The smallest absolute Gasteiger partial charge is 0.339 e. The van der Waals surface area contributed by atoms with Crippen LogP contribution in [0, 0.1) is 9.39 Å². The summed E-state index contributed by atoms with van der Waals surface area (Å²) in [6, 6.07) is 4.72. The Morgan fingerprint density at radius 2 is 2.29 bits per heavy atom. The van der Waals surface area contributed by atoms with Crippen LogP contribution in [0.4, 0.5) is 10.1 Å². The standard InChI is InChI=1S/C14H11FIN3O2/c15-10-5-8(16)1-2-11(10)18-12-6-13-17-3-4-19(13)7-9(12)14(20)21/h1-2,5-7,18H,3-4H2,(H,20,21). The number of carboxylic acids is 1. The van der Waals surface area contributed by atoms with Gasteiger partial charge in [-0.2, -0.15) is 0 Å². The molecule has 0 aromatic heterocycles. The van der Waals surface area contributed by atoms with Crippen molar-refractivity contribution in [3.63, 3.8) is 0 Å². The first kappa shape index (κ1) is 14.1. The normalized spacial score (nSPS) is 16.9. The predicted octanol–water partition coefficient (Wildman–Crippen LogP) is 2.42. The van der Waals surface area contributed by atoms with Crippen molar-refractivity contribution in [2.75, 3.05) is 18.4 Å². The lowest BCUT2D eigenvalue weighted by Gasteiger charge is -2.22. The third-order valence-electron chi connectivity index (χ3n) is 3.19. The monoisotopic (exact) mass is 399 g/mol. The minimum Gasteiger partial charge on any atom is -0.478 e. The minimum atomic E-state index is -1.06. The first-order chi connectivity index (χ1) is 10.0. The lowest BCUT2D eigenvalue weighted by atomic mass is 10.1. The second-order valence-corrected chi connectivity index (χ2v) is 5.83. The van der Waals surface area contributed by atoms with Crippen LogP contribution >= 0.6 is 22.6 Å². The largest absolute Gasteiger partial charge is 0.478 e. The Bertz CT molecular complexity index is 712. The number of benzene rings is 1. The van der Waals surface area contributed by atoms with E-state index in [0.29, 0.717) is 24.6 Å². The topological polar surface area (TPSA) is 64.9 Å². The molecule has 21 heavy (non-hydrogen) atoms. The fourth-order valence-corrected chi connectivity index (χ4v) is 2.63. The zero-order chi connectivity index (χ0) is 15.0. The molecule has 0 saturated heterocycles. The number of aliphatic carboxylic acids is 1. The summed E-state index contributed by atoms with van der Waals surface area (Å²) in [6.07, 6.45) is 3.16. The molecule has 0 atom stereocenters. The summed E-state index contributed by atoms with van der Waals surface area (Å²) >= 11 is 2.01. The van der Waals surface area contributed by atoms with E-state index in [-0.39, 0.29) is 11.3 Å². The molecule has 0 unspecified atom stereocenters. The van der Waals surface area contributed by atoms with Crippen LogP contribution < -0.4 is 5.32 Å². The lowest BCUT2D eigenvalue weighted by molar-refractivity contribution is -0.132. The number of fused-ring (bicyclic) bond motifs is 1. The van der Waals surface area contributed by atoms with Gasteiger partial charge < -0.3 is 15.3 Å². The summed E-state index contributed by atoms with van der Waals surface area (Å²) in [7, 11) is 0. The van der Waals surface area contributed by atoms with Gasteiger partial charge in [-0.3, -0.25) is 4.99 Å². The number of halogens is 2. The molecule has 0 radical (unpaired) electrons. The van der Waals surface area contributed by atoms with Crippen LogP contribution in [0.1, 0.15) is 0 Å². The highest BCUT2D eigenvalue weighted by atomic mass is 127. The molecule has 2 N–H and O–H groups in total. The Labute approximate surface area is 134 Å². The molecule has 0 bridgehead atoms. The van der Waals surface area contributed by atoms with Gasteiger partial charge in [0, 0.05) is 22.4 Å². The molecule has 0 saturated carbocycles. The number of carboxylic acid groups (broad SMARTS) is 1. The van der Waals surface area contributed by atoms with Crippen molar-refractivity contribution < 1.29 is 14.3 Å². The molecule has 2 heterocycles. The fraction of sp³-hybridized carbons (Fsp3) is 0.143. The molecule has 0 fully saturated rings. The molecule has 1 aromatic rings. The van der Waals surface area contributed by atoms with Gasteiger partial charge >= 0.3 is 5.97 Å². The number of amidine groups is 1. The maximum atomic E-state index is 13.9. The molecule has 3 rings (SSSR count). The number of nitrogens with one attached hydrogen (secondary N) is 1. The van der Waals surface area contributed by atoms with Crippen molar-refractivity contribution in [1.29, 1.82) is 0 Å². The summed E-state index contributed by atoms with van der Waals surface area (Å²) < 4.78 is 14.7. The zero-order valence-corrected chi connectivity index (χ0v) is 13.0. The highest BCUT2D eigenvalue weighted by Crippen LogP contribution is 2.25. The van der Waals surface area contributed by atoms with E-state index in [1.54, 1.807) is 23.1 Å². The number of rotatable bonds is 3. The summed E-state index contributed by atoms with van der Waals surface area (Å²) in [6.45, 7) is 1.29. The average molecular weight is 399 g/mol. The first-order valence-electron chi connectivity index (χ1n) is 6.25. The minimum absolute atomic E-state index is 0.0915. The van der Waals surface area contributed by atoms with Crippen molar-refractivity contribution in [2.45, 2.75) is 0 Å². The Balaban J connectivity index is 1.95. The average Bonchev–Trinajstić information content (AvgIpc) is 2.88. The lowest BCUT2D eigenvalue weighted by Crippen LogP contribution is -2.28. The molecule has 2 aliphatic heterocycles. The van der Waals surface area contributed by atoms with Crippen LogP contribution in [-0.2, 0) is 4.79 Å². The molecule has 0 aliphatic carbocycles. The number of hydrogen-bond donors (Lipinski definition) is 2. The highest BCUT2D eigenvalue weighted by Gasteiger charge is 2.25. The Kier molecular flexibility index (Phi) is 3.66. The van der Waals surface area contributed by atoms with Crippen molar-refractivity contribution in [1.82, 2.24) is 4.90 Å². The predicted molar refractivity (Wildman–Crippen MR) is 85.5 cm³/mol. The molecular formula is C14H11FIN3O2. The van der Waals surface area contributed by atoms with Gasteiger partial charge in [0.05, 0.1) is 23.5 Å². The Morgan fingerprint density at radius 3 is 3.00 bits per heavy atom. The number of anilines is 1. The molecular weight excluding hydrogens is 388 g/mol. The Hall–Kier alpha value is -1.90. The van der Waals surface area contributed by atoms with Crippen LogP contribution in [-0.4, -0.2) is 34.9 Å². The summed E-state index contributed by atoms with van der Waals surface area (Å²) in [4.78, 5) is 17.4. The van der Waals surface area contributed by atoms with E-state index < -0.39 is 11.8 Å². The second-order valence-electron chi connectivity index (χ2n) is 4.59. The number of aliphatic imine (C=N–C) groups is 1. The highest BCUT2D eigenvalue weighted by molar-refractivity contribution is 14.1. The van der Waals surface area contributed by atoms with Gasteiger partial charge in [0.25, 0.3) is 0 Å². The van der Waals surface area contributed by atoms with Crippen molar-refractivity contribution in [3.8, 4) is 0 Å². The number of hydrogen-bond acceptors (Lipinski definition) is 4. The van der Waals surface area contributed by atoms with E-state index in [1.807, 2.05) is 22.6 Å². The third kappa shape index (κ3) is 2.78. The van der Waals surface area contributed by atoms with Crippen molar-refractivity contribution in [2.24, 2.45) is 4.99 Å². The van der Waals surface area contributed by atoms with Gasteiger partial charge in [0.1, 0.15) is 11.7 Å². The summed E-state index contributed by atoms with van der Waals surface area (Å²) in [5.41, 5.74) is 0.661. The molecule has 1 aromatic carbocycles. The van der Waals surface area contributed by atoms with Crippen LogP contribution in [0.15, 0.2) is 46.7 Å². The second kappa shape index (κ2) is 5.47. The van der Waals surface area contributed by atoms with Crippen LogP contribution in [0.3, 0.4) is 0 Å². The molecule has 2 aliphatic rings. The maximum Gasteiger partial charge on any atom is 0.339 e. The van der Waals surface area contributed by atoms with Crippen LogP contribution in [0.2, 0.25) is 0 Å². The van der Waals surface area contributed by atoms with Gasteiger partial charge in [-0.15, -0.1) is 0 Å². The van der Waals surface area contributed by atoms with Crippen molar-refractivity contribution in [3.05, 3.63) is 51.1 Å².